The number of carbonyl (C=O) groups is 1. The van der Waals surface area contributed by atoms with Gasteiger partial charge < -0.3 is 5.32 Å². The summed E-state index contributed by atoms with van der Waals surface area (Å²) in [5, 5.41) is 5.19. The van der Waals surface area contributed by atoms with E-state index in [1.165, 1.54) is 10.4 Å². The van der Waals surface area contributed by atoms with Crippen molar-refractivity contribution in [2.75, 3.05) is 13.1 Å². The maximum absolute atomic E-state index is 12.1. The van der Waals surface area contributed by atoms with Gasteiger partial charge in [-0.15, -0.1) is 11.3 Å². The average molecular weight is 315 g/mol. The van der Waals surface area contributed by atoms with Crippen LogP contribution in [0.4, 0.5) is 0 Å². The molecule has 1 aliphatic rings. The standard InChI is InChI=1S/C17H21N3OS/c1-12-3-4-14(10-18-12)17(21)19-9-13(2)20-7-5-16-15(11-20)6-8-22-16/h3-4,6,8,10,13H,5,7,9,11H2,1-2H3,(H,19,21)/t13-/m1/s1. The Labute approximate surface area is 135 Å². The predicted molar refractivity (Wildman–Crippen MR) is 89.2 cm³/mol. The largest absolute Gasteiger partial charge is 0.350 e. The van der Waals surface area contributed by atoms with Gasteiger partial charge in [-0.3, -0.25) is 14.7 Å². The Morgan fingerprint density at radius 3 is 3.09 bits per heavy atom. The summed E-state index contributed by atoms with van der Waals surface area (Å²) < 4.78 is 0. The number of rotatable bonds is 4. The molecular formula is C17H21N3OS. The zero-order valence-corrected chi connectivity index (χ0v) is 13.8. The molecule has 0 unspecified atom stereocenters. The van der Waals surface area contributed by atoms with Crippen LogP contribution in [0.25, 0.3) is 0 Å². The van der Waals surface area contributed by atoms with Gasteiger partial charge in [0.2, 0.25) is 0 Å². The fraction of sp³-hybridized carbons (Fsp3) is 0.412. The van der Waals surface area contributed by atoms with E-state index in [0.29, 0.717) is 18.2 Å². The molecule has 0 fully saturated rings. The zero-order chi connectivity index (χ0) is 15.5. The van der Waals surface area contributed by atoms with Crippen molar-refractivity contribution < 1.29 is 4.79 Å². The summed E-state index contributed by atoms with van der Waals surface area (Å²) in [7, 11) is 0. The van der Waals surface area contributed by atoms with Crippen molar-refractivity contribution in [1.82, 2.24) is 15.2 Å². The van der Waals surface area contributed by atoms with Gasteiger partial charge >= 0.3 is 0 Å². The van der Waals surface area contributed by atoms with Crippen LogP contribution in [0.5, 0.6) is 0 Å². The number of pyridine rings is 1. The molecule has 1 aliphatic heterocycles. The van der Waals surface area contributed by atoms with Crippen LogP contribution in [0.15, 0.2) is 29.8 Å². The van der Waals surface area contributed by atoms with Gasteiger partial charge in [0, 0.05) is 42.4 Å². The first kappa shape index (κ1) is 15.2. The van der Waals surface area contributed by atoms with Gasteiger partial charge in [-0.1, -0.05) is 0 Å². The average Bonchev–Trinajstić information content (AvgIpc) is 3.00. The minimum Gasteiger partial charge on any atom is -0.350 e. The second kappa shape index (κ2) is 6.58. The molecule has 2 aromatic rings. The fourth-order valence-corrected chi connectivity index (χ4v) is 3.61. The molecule has 5 heteroatoms. The van der Waals surface area contributed by atoms with E-state index in [4.69, 9.17) is 0 Å². The van der Waals surface area contributed by atoms with E-state index in [2.05, 4.69) is 33.6 Å². The van der Waals surface area contributed by atoms with Gasteiger partial charge in [0.1, 0.15) is 0 Å². The lowest BCUT2D eigenvalue weighted by molar-refractivity contribution is 0.0932. The minimum atomic E-state index is -0.0485. The zero-order valence-electron chi connectivity index (χ0n) is 13.0. The molecule has 1 N–H and O–H groups in total. The molecule has 0 bridgehead atoms. The van der Waals surface area contributed by atoms with Crippen molar-refractivity contribution in [3.8, 4) is 0 Å². The SMILES string of the molecule is Cc1ccc(C(=O)NC[C@@H](C)N2CCc3sccc3C2)cn1. The molecule has 2 aromatic heterocycles. The molecule has 0 aromatic carbocycles. The van der Waals surface area contributed by atoms with Crippen LogP contribution in [0.3, 0.4) is 0 Å². The van der Waals surface area contributed by atoms with E-state index < -0.39 is 0 Å². The summed E-state index contributed by atoms with van der Waals surface area (Å²) >= 11 is 1.85. The van der Waals surface area contributed by atoms with Gasteiger partial charge in [-0.05, 0) is 49.4 Å². The summed E-state index contributed by atoms with van der Waals surface area (Å²) in [5.74, 6) is -0.0485. The van der Waals surface area contributed by atoms with Crippen LogP contribution in [0.2, 0.25) is 0 Å². The van der Waals surface area contributed by atoms with E-state index in [1.54, 1.807) is 6.20 Å². The normalized spacial score (nSPS) is 16.1. The molecule has 4 nitrogen and oxygen atoms in total. The van der Waals surface area contributed by atoms with Crippen LogP contribution < -0.4 is 5.32 Å². The Balaban J connectivity index is 1.53. The molecule has 0 aliphatic carbocycles. The predicted octanol–water partition coefficient (Wildman–Crippen LogP) is 2.63. The van der Waals surface area contributed by atoms with Crippen molar-refractivity contribution in [1.29, 1.82) is 0 Å². The first-order chi connectivity index (χ1) is 10.6. The molecule has 1 amide bonds. The lowest BCUT2D eigenvalue weighted by Crippen LogP contribution is -2.44. The van der Waals surface area contributed by atoms with E-state index in [9.17, 15) is 4.79 Å². The second-order valence-corrected chi connectivity index (χ2v) is 6.84. The number of fused-ring (bicyclic) bond motifs is 1. The first-order valence-electron chi connectivity index (χ1n) is 7.63. The molecule has 3 heterocycles. The Hall–Kier alpha value is -1.72. The third kappa shape index (κ3) is 3.36. The molecule has 3 rings (SSSR count). The first-order valence-corrected chi connectivity index (χ1v) is 8.51. The second-order valence-electron chi connectivity index (χ2n) is 5.84. The van der Waals surface area contributed by atoms with Crippen molar-refractivity contribution >= 4 is 17.2 Å². The summed E-state index contributed by atoms with van der Waals surface area (Å²) in [4.78, 5) is 20.2. The highest BCUT2D eigenvalue weighted by molar-refractivity contribution is 7.10. The molecule has 116 valence electrons. The maximum Gasteiger partial charge on any atom is 0.252 e. The van der Waals surface area contributed by atoms with Crippen molar-refractivity contribution in [3.63, 3.8) is 0 Å². The Bertz CT molecular complexity index is 650. The summed E-state index contributed by atoms with van der Waals surface area (Å²) in [6.07, 6.45) is 2.75. The quantitative estimate of drug-likeness (QED) is 0.943. The smallest absolute Gasteiger partial charge is 0.252 e. The van der Waals surface area contributed by atoms with Gasteiger partial charge in [-0.25, -0.2) is 0 Å². The molecule has 0 radical (unpaired) electrons. The molecule has 0 saturated heterocycles. The lowest BCUT2D eigenvalue weighted by atomic mass is 10.1. The minimum absolute atomic E-state index is 0.0485. The van der Waals surface area contributed by atoms with Gasteiger partial charge in [0.25, 0.3) is 5.91 Å². The van der Waals surface area contributed by atoms with Gasteiger partial charge in [-0.2, -0.15) is 0 Å². The topological polar surface area (TPSA) is 45.2 Å². The maximum atomic E-state index is 12.1. The summed E-state index contributed by atoms with van der Waals surface area (Å²) in [6.45, 7) is 6.80. The summed E-state index contributed by atoms with van der Waals surface area (Å²) in [5.41, 5.74) is 2.98. The van der Waals surface area contributed by atoms with Crippen LogP contribution >= 0.6 is 11.3 Å². The lowest BCUT2D eigenvalue weighted by Gasteiger charge is -2.32. The van der Waals surface area contributed by atoms with Crippen LogP contribution in [-0.4, -0.2) is 34.9 Å². The van der Waals surface area contributed by atoms with Gasteiger partial charge in [0.05, 0.1) is 5.56 Å². The van der Waals surface area contributed by atoms with E-state index in [1.807, 2.05) is 30.4 Å². The fourth-order valence-electron chi connectivity index (χ4n) is 2.72. The number of hydrogen-bond acceptors (Lipinski definition) is 4. The van der Waals surface area contributed by atoms with Gasteiger partial charge in [0.15, 0.2) is 0 Å². The van der Waals surface area contributed by atoms with Crippen LogP contribution in [-0.2, 0) is 13.0 Å². The number of aryl methyl sites for hydroxylation is 1. The number of hydrogen-bond donors (Lipinski definition) is 1. The Morgan fingerprint density at radius 1 is 1.45 bits per heavy atom. The highest BCUT2D eigenvalue weighted by Crippen LogP contribution is 2.24. The molecular weight excluding hydrogens is 294 g/mol. The third-order valence-corrected chi connectivity index (χ3v) is 5.22. The molecule has 22 heavy (non-hydrogen) atoms. The van der Waals surface area contributed by atoms with Crippen molar-refractivity contribution in [2.45, 2.75) is 32.9 Å². The summed E-state index contributed by atoms with van der Waals surface area (Å²) in [6, 6.07) is 6.23. The highest BCUT2D eigenvalue weighted by Gasteiger charge is 2.21. The highest BCUT2D eigenvalue weighted by atomic mass is 32.1. The molecule has 0 saturated carbocycles. The number of carbonyl (C=O) groups excluding carboxylic acids is 1. The van der Waals surface area contributed by atoms with Crippen LogP contribution in [0.1, 0.15) is 33.4 Å². The Kier molecular flexibility index (Phi) is 4.55. The molecule has 1 atom stereocenters. The Morgan fingerprint density at radius 2 is 2.32 bits per heavy atom. The number of nitrogens with zero attached hydrogens (tertiary/aromatic N) is 2. The van der Waals surface area contributed by atoms with Crippen LogP contribution in [0, 0.1) is 6.92 Å². The number of amides is 1. The third-order valence-electron chi connectivity index (χ3n) is 4.19. The monoisotopic (exact) mass is 315 g/mol. The van der Waals surface area contributed by atoms with E-state index in [0.717, 1.165) is 25.2 Å². The van der Waals surface area contributed by atoms with E-state index in [-0.39, 0.29) is 5.91 Å². The number of nitrogens with one attached hydrogen (secondary N) is 1. The molecule has 0 spiro atoms. The van der Waals surface area contributed by atoms with Crippen molar-refractivity contribution in [2.24, 2.45) is 0 Å². The number of aromatic nitrogens is 1. The number of thiophene rings is 1. The van der Waals surface area contributed by atoms with Crippen molar-refractivity contribution in [3.05, 3.63) is 51.5 Å². The van der Waals surface area contributed by atoms with E-state index >= 15 is 0 Å².